The zero-order valence-electron chi connectivity index (χ0n) is 22.9. The Labute approximate surface area is 251 Å². The molecule has 0 N–H and O–H groups in total. The van der Waals surface area contributed by atoms with E-state index >= 15 is 0 Å². The molecule has 4 aromatic rings. The van der Waals surface area contributed by atoms with Crippen LogP contribution in [0.25, 0.3) is 17.4 Å². The van der Waals surface area contributed by atoms with Gasteiger partial charge < -0.3 is 18.6 Å². The fraction of sp³-hybridized carbons (Fsp3) is 0.207. The molecule has 11 nitrogen and oxygen atoms in total. The average Bonchev–Trinajstić information content (AvgIpc) is 3.57. The van der Waals surface area contributed by atoms with Crippen LogP contribution < -0.4 is 24.4 Å². The number of thiazole rings is 1. The second-order valence-corrected chi connectivity index (χ2v) is 11.0. The third-order valence-corrected chi connectivity index (χ3v) is 8.07. The number of rotatable bonds is 8. The molecule has 0 fully saturated rings. The highest BCUT2D eigenvalue weighted by Crippen LogP contribution is 2.36. The van der Waals surface area contributed by atoms with E-state index in [9.17, 15) is 19.7 Å². The predicted molar refractivity (Wildman–Crippen MR) is 158 cm³/mol. The Morgan fingerprint density at radius 1 is 1.17 bits per heavy atom. The van der Waals surface area contributed by atoms with Crippen LogP contribution in [0.1, 0.15) is 31.2 Å². The summed E-state index contributed by atoms with van der Waals surface area (Å²) in [6.45, 7) is 3.49. The molecule has 216 valence electrons. The molecule has 0 amide bonds. The summed E-state index contributed by atoms with van der Waals surface area (Å²) in [5.74, 6) is 0.563. The Kier molecular flexibility index (Phi) is 8.14. The molecular formula is C29H24BrN3O8S. The molecule has 0 unspecified atom stereocenters. The lowest BCUT2D eigenvalue weighted by molar-refractivity contribution is -0.385. The lowest BCUT2D eigenvalue weighted by Crippen LogP contribution is -2.39. The number of allylic oxidation sites excluding steroid dienone is 1. The SMILES string of the molecule is CCOC(=O)C1=C(C)N=c2s/c(=C\c3cc([N+](=O)[O-])c(OC)cc3OC)c(=O)n2[C@H]1c1ccc(-c2ccc(Br)cc2)o1. The van der Waals surface area contributed by atoms with Crippen LogP contribution in [-0.4, -0.2) is 36.3 Å². The summed E-state index contributed by atoms with van der Waals surface area (Å²) in [6.07, 6.45) is 1.49. The van der Waals surface area contributed by atoms with Gasteiger partial charge in [-0.2, -0.15) is 0 Å². The molecule has 5 rings (SSSR count). The van der Waals surface area contributed by atoms with Crippen molar-refractivity contribution in [2.24, 2.45) is 4.99 Å². The Bertz CT molecular complexity index is 1920. The highest BCUT2D eigenvalue weighted by Gasteiger charge is 2.35. The van der Waals surface area contributed by atoms with Crippen LogP contribution in [0.5, 0.6) is 11.5 Å². The molecular weight excluding hydrogens is 630 g/mol. The predicted octanol–water partition coefficient (Wildman–Crippen LogP) is 4.75. The number of esters is 1. The molecule has 1 aliphatic heterocycles. The maximum atomic E-state index is 14.0. The Morgan fingerprint density at radius 2 is 1.88 bits per heavy atom. The van der Waals surface area contributed by atoms with Gasteiger partial charge in [0.2, 0.25) is 5.75 Å². The van der Waals surface area contributed by atoms with Crippen molar-refractivity contribution >= 4 is 45.0 Å². The van der Waals surface area contributed by atoms with Crippen LogP contribution in [0.3, 0.4) is 0 Å². The number of benzene rings is 2. The van der Waals surface area contributed by atoms with Crippen molar-refractivity contribution in [3.05, 3.63) is 105 Å². The first kappa shape index (κ1) is 29.0. The van der Waals surface area contributed by atoms with Crippen molar-refractivity contribution in [3.8, 4) is 22.8 Å². The second kappa shape index (κ2) is 11.8. The van der Waals surface area contributed by atoms with Crippen molar-refractivity contribution in [3.63, 3.8) is 0 Å². The van der Waals surface area contributed by atoms with Crippen molar-refractivity contribution < 1.29 is 28.3 Å². The standard InChI is InChI=1S/C29H24BrN3O8S/c1-5-40-28(35)25-15(2)31-29-32(26(25)21-11-10-20(41-21)16-6-8-18(30)9-7-16)27(34)24(42-29)13-17-12-19(33(36)37)23(39-4)14-22(17)38-3/h6-14,26H,5H2,1-4H3/b24-13-/t26-/m0/s1. The number of nitro groups is 1. The van der Waals surface area contributed by atoms with Crippen molar-refractivity contribution in [2.45, 2.75) is 19.9 Å². The number of carbonyl (C=O) groups is 1. The molecule has 0 bridgehead atoms. The van der Waals surface area contributed by atoms with Crippen molar-refractivity contribution in [1.82, 2.24) is 4.57 Å². The van der Waals surface area contributed by atoms with Gasteiger partial charge in [-0.25, -0.2) is 9.79 Å². The van der Waals surface area contributed by atoms with Gasteiger partial charge in [0.1, 0.15) is 23.3 Å². The maximum absolute atomic E-state index is 14.0. The van der Waals surface area contributed by atoms with Crippen LogP contribution in [0.15, 0.2) is 78.5 Å². The summed E-state index contributed by atoms with van der Waals surface area (Å²) in [5.41, 5.74) is 0.898. The number of nitro benzene ring substituents is 1. The van der Waals surface area contributed by atoms with Gasteiger partial charge in [-0.05, 0) is 44.2 Å². The Hall–Kier alpha value is -4.49. The molecule has 0 saturated carbocycles. The van der Waals surface area contributed by atoms with Crippen LogP contribution in [-0.2, 0) is 9.53 Å². The number of methoxy groups -OCH3 is 2. The molecule has 0 spiro atoms. The molecule has 1 aliphatic rings. The fourth-order valence-corrected chi connectivity index (χ4v) is 5.93. The smallest absolute Gasteiger partial charge is 0.338 e. The van der Waals surface area contributed by atoms with E-state index in [2.05, 4.69) is 20.9 Å². The first-order valence-electron chi connectivity index (χ1n) is 12.6. The van der Waals surface area contributed by atoms with Gasteiger partial charge in [0.05, 0.1) is 41.6 Å². The fourth-order valence-electron chi connectivity index (χ4n) is 4.63. The van der Waals surface area contributed by atoms with E-state index in [0.717, 1.165) is 21.4 Å². The van der Waals surface area contributed by atoms with E-state index < -0.39 is 22.5 Å². The Morgan fingerprint density at radius 3 is 2.52 bits per heavy atom. The number of halogens is 1. The van der Waals surface area contributed by atoms with E-state index in [0.29, 0.717) is 27.6 Å². The molecule has 2 aromatic heterocycles. The number of ether oxygens (including phenoxy) is 3. The molecule has 3 heterocycles. The van der Waals surface area contributed by atoms with Gasteiger partial charge in [0.25, 0.3) is 5.56 Å². The summed E-state index contributed by atoms with van der Waals surface area (Å²) in [6, 6.07) is 12.7. The van der Waals surface area contributed by atoms with Crippen molar-refractivity contribution in [2.75, 3.05) is 20.8 Å². The first-order valence-corrected chi connectivity index (χ1v) is 14.2. The van der Waals surface area contributed by atoms with Gasteiger partial charge in [-0.15, -0.1) is 0 Å². The highest BCUT2D eigenvalue weighted by molar-refractivity contribution is 9.10. The minimum absolute atomic E-state index is 0.0181. The molecule has 0 aliphatic carbocycles. The summed E-state index contributed by atoms with van der Waals surface area (Å²) < 4.78 is 24.6. The van der Waals surface area contributed by atoms with Gasteiger partial charge >= 0.3 is 11.7 Å². The number of nitrogens with zero attached hydrogens (tertiary/aromatic N) is 3. The number of carbonyl (C=O) groups excluding carboxylic acids is 1. The number of furan rings is 1. The minimum Gasteiger partial charge on any atom is -0.496 e. The number of aromatic nitrogens is 1. The topological polar surface area (TPSA) is 135 Å². The third kappa shape index (κ3) is 5.28. The zero-order chi connectivity index (χ0) is 30.1. The molecule has 0 radical (unpaired) electrons. The zero-order valence-corrected chi connectivity index (χ0v) is 25.3. The molecule has 0 saturated heterocycles. The first-order chi connectivity index (χ1) is 20.2. The molecule has 13 heteroatoms. The summed E-state index contributed by atoms with van der Waals surface area (Å²) >= 11 is 4.50. The quantitative estimate of drug-likeness (QED) is 0.151. The van der Waals surface area contributed by atoms with E-state index in [4.69, 9.17) is 18.6 Å². The van der Waals surface area contributed by atoms with Crippen LogP contribution in [0.4, 0.5) is 5.69 Å². The van der Waals surface area contributed by atoms with Crippen LogP contribution >= 0.6 is 27.3 Å². The van der Waals surface area contributed by atoms with Crippen LogP contribution in [0, 0.1) is 10.1 Å². The summed E-state index contributed by atoms with van der Waals surface area (Å²) in [4.78, 5) is 43.1. The van der Waals surface area contributed by atoms with Gasteiger partial charge in [-0.1, -0.05) is 39.4 Å². The van der Waals surface area contributed by atoms with Crippen LogP contribution in [0.2, 0.25) is 0 Å². The summed E-state index contributed by atoms with van der Waals surface area (Å²) in [7, 11) is 2.73. The third-order valence-electron chi connectivity index (χ3n) is 6.56. The monoisotopic (exact) mass is 653 g/mol. The molecule has 42 heavy (non-hydrogen) atoms. The maximum Gasteiger partial charge on any atom is 0.338 e. The highest BCUT2D eigenvalue weighted by atomic mass is 79.9. The van der Waals surface area contributed by atoms with E-state index in [-0.39, 0.29) is 33.9 Å². The summed E-state index contributed by atoms with van der Waals surface area (Å²) in [5, 5.41) is 11.7. The van der Waals surface area contributed by atoms with E-state index in [1.807, 2.05) is 24.3 Å². The van der Waals surface area contributed by atoms with E-state index in [1.165, 1.54) is 37.0 Å². The van der Waals surface area contributed by atoms with E-state index in [1.54, 1.807) is 26.0 Å². The average molecular weight is 654 g/mol. The van der Waals surface area contributed by atoms with Gasteiger partial charge in [0.15, 0.2) is 4.80 Å². The number of hydrogen-bond donors (Lipinski definition) is 0. The minimum atomic E-state index is -0.959. The van der Waals surface area contributed by atoms with Crippen molar-refractivity contribution in [1.29, 1.82) is 0 Å². The van der Waals surface area contributed by atoms with Gasteiger partial charge in [0, 0.05) is 27.7 Å². The second-order valence-electron chi connectivity index (χ2n) is 9.03. The lowest BCUT2D eigenvalue weighted by atomic mass is 10.0. The molecule has 2 aromatic carbocycles. The molecule has 1 atom stereocenters. The largest absolute Gasteiger partial charge is 0.496 e. The number of hydrogen-bond acceptors (Lipinski definition) is 10. The normalized spacial score (nSPS) is 14.8. The number of fused-ring (bicyclic) bond motifs is 1. The van der Waals surface area contributed by atoms with Gasteiger partial charge in [-0.3, -0.25) is 19.5 Å². The lowest BCUT2D eigenvalue weighted by Gasteiger charge is -2.22. The Balaban J connectivity index is 1.71.